The van der Waals surface area contributed by atoms with Gasteiger partial charge in [-0.05, 0) is 47.9 Å². The summed E-state index contributed by atoms with van der Waals surface area (Å²) in [4.78, 5) is 10.5. The molecule has 84 valence electrons. The molecule has 3 nitrogen and oxygen atoms in total. The maximum absolute atomic E-state index is 13.1. The van der Waals surface area contributed by atoms with Crippen LogP contribution in [0.1, 0.15) is 23.5 Å². The Bertz CT molecular complexity index is 435. The molecule has 1 saturated heterocycles. The van der Waals surface area contributed by atoms with Crippen molar-refractivity contribution in [2.45, 2.75) is 18.8 Å². The van der Waals surface area contributed by atoms with Gasteiger partial charge in [0.1, 0.15) is 5.82 Å². The third-order valence-corrected chi connectivity index (χ3v) is 3.81. The molecule has 0 amide bonds. The summed E-state index contributed by atoms with van der Waals surface area (Å²) in [6.45, 7) is 1.44. The summed E-state index contributed by atoms with van der Waals surface area (Å²) in [7, 11) is 0. The maximum atomic E-state index is 13.1. The highest BCUT2D eigenvalue weighted by atomic mass is 19.1. The fraction of sp³-hybridized carbons (Fsp3) is 0.500. The second-order valence-electron chi connectivity index (χ2n) is 4.70. The molecular formula is C12H13FN2O. The molecule has 16 heavy (non-hydrogen) atoms. The van der Waals surface area contributed by atoms with Gasteiger partial charge in [-0.3, -0.25) is 5.01 Å². The SMILES string of the molecule is O=NN1CC[C@@H]2c3ccc(F)cc3CC2C1. The number of halogens is 1. The largest absolute Gasteiger partial charge is 0.261 e. The molecule has 1 fully saturated rings. The van der Waals surface area contributed by atoms with Crippen LogP contribution in [-0.2, 0) is 6.42 Å². The van der Waals surface area contributed by atoms with Gasteiger partial charge in [0, 0.05) is 13.1 Å². The minimum Gasteiger partial charge on any atom is -0.261 e. The highest BCUT2D eigenvalue weighted by Crippen LogP contribution is 2.43. The van der Waals surface area contributed by atoms with Gasteiger partial charge < -0.3 is 0 Å². The van der Waals surface area contributed by atoms with E-state index in [1.807, 2.05) is 6.07 Å². The Kier molecular flexibility index (Phi) is 2.16. The van der Waals surface area contributed by atoms with Crippen molar-refractivity contribution in [1.29, 1.82) is 0 Å². The van der Waals surface area contributed by atoms with Crippen LogP contribution in [0.25, 0.3) is 0 Å². The second-order valence-corrected chi connectivity index (χ2v) is 4.70. The Labute approximate surface area is 93.2 Å². The normalized spacial score (nSPS) is 27.4. The van der Waals surface area contributed by atoms with Crippen LogP contribution in [0.3, 0.4) is 0 Å². The van der Waals surface area contributed by atoms with Crippen LogP contribution in [0.15, 0.2) is 23.5 Å². The number of piperidine rings is 1. The lowest BCUT2D eigenvalue weighted by molar-refractivity contribution is 0.166. The molecule has 0 bridgehead atoms. The van der Waals surface area contributed by atoms with Gasteiger partial charge in [-0.2, -0.15) is 0 Å². The summed E-state index contributed by atoms with van der Waals surface area (Å²) in [6, 6.07) is 5.07. The molecule has 0 spiro atoms. The number of benzene rings is 1. The van der Waals surface area contributed by atoms with Crippen molar-refractivity contribution in [2.24, 2.45) is 11.2 Å². The fourth-order valence-corrected chi connectivity index (χ4v) is 3.10. The molecule has 4 heteroatoms. The molecule has 0 N–H and O–H groups in total. The predicted molar refractivity (Wildman–Crippen MR) is 58.3 cm³/mol. The Morgan fingerprint density at radius 1 is 1.44 bits per heavy atom. The van der Waals surface area contributed by atoms with Gasteiger partial charge >= 0.3 is 0 Å². The molecule has 1 unspecified atom stereocenters. The third-order valence-electron chi connectivity index (χ3n) is 3.81. The zero-order chi connectivity index (χ0) is 11.1. The minimum atomic E-state index is -0.164. The molecule has 2 atom stereocenters. The van der Waals surface area contributed by atoms with E-state index in [-0.39, 0.29) is 5.82 Å². The maximum Gasteiger partial charge on any atom is 0.123 e. The summed E-state index contributed by atoms with van der Waals surface area (Å²) in [5, 5.41) is 4.58. The second kappa shape index (κ2) is 3.54. The molecule has 1 aliphatic heterocycles. The summed E-state index contributed by atoms with van der Waals surface area (Å²) >= 11 is 0. The van der Waals surface area contributed by atoms with Crippen molar-refractivity contribution in [2.75, 3.05) is 13.1 Å². The smallest absolute Gasteiger partial charge is 0.123 e. The van der Waals surface area contributed by atoms with Gasteiger partial charge in [0.2, 0.25) is 0 Å². The van der Waals surface area contributed by atoms with E-state index >= 15 is 0 Å². The number of nitroso groups, excluding NO2 is 1. The van der Waals surface area contributed by atoms with Crippen LogP contribution in [-0.4, -0.2) is 18.1 Å². The van der Waals surface area contributed by atoms with E-state index < -0.39 is 0 Å². The quantitative estimate of drug-likeness (QED) is 0.681. The van der Waals surface area contributed by atoms with Gasteiger partial charge in [0.25, 0.3) is 0 Å². The first kappa shape index (κ1) is 9.75. The topological polar surface area (TPSA) is 32.7 Å². The van der Waals surface area contributed by atoms with Crippen molar-refractivity contribution in [1.82, 2.24) is 5.01 Å². The predicted octanol–water partition coefficient (Wildman–Crippen LogP) is 2.47. The first-order chi connectivity index (χ1) is 7.78. The third kappa shape index (κ3) is 1.40. The Morgan fingerprint density at radius 3 is 3.12 bits per heavy atom. The average molecular weight is 220 g/mol. The molecule has 1 heterocycles. The van der Waals surface area contributed by atoms with Crippen LogP contribution < -0.4 is 0 Å². The summed E-state index contributed by atoms with van der Waals surface area (Å²) in [5.41, 5.74) is 2.39. The van der Waals surface area contributed by atoms with Gasteiger partial charge in [0.15, 0.2) is 0 Å². The molecule has 0 saturated carbocycles. The van der Waals surface area contributed by atoms with Crippen LogP contribution in [0, 0.1) is 16.6 Å². The first-order valence-corrected chi connectivity index (χ1v) is 5.64. The molecule has 0 radical (unpaired) electrons. The van der Waals surface area contributed by atoms with Gasteiger partial charge in [-0.25, -0.2) is 4.39 Å². The van der Waals surface area contributed by atoms with Crippen molar-refractivity contribution >= 4 is 0 Å². The van der Waals surface area contributed by atoms with Crippen molar-refractivity contribution in [3.05, 3.63) is 40.1 Å². The highest BCUT2D eigenvalue weighted by Gasteiger charge is 2.37. The number of hydrogen-bond donors (Lipinski definition) is 0. The van der Waals surface area contributed by atoms with E-state index in [0.717, 1.165) is 24.9 Å². The van der Waals surface area contributed by atoms with Gasteiger partial charge in [0.05, 0.1) is 5.29 Å². The van der Waals surface area contributed by atoms with E-state index in [1.54, 1.807) is 11.1 Å². The summed E-state index contributed by atoms with van der Waals surface area (Å²) < 4.78 is 13.1. The summed E-state index contributed by atoms with van der Waals surface area (Å²) in [6.07, 6.45) is 1.83. The molecule has 1 aromatic rings. The van der Waals surface area contributed by atoms with Crippen LogP contribution in [0.4, 0.5) is 4.39 Å². The minimum absolute atomic E-state index is 0.164. The fourth-order valence-electron chi connectivity index (χ4n) is 3.10. The Balaban J connectivity index is 1.90. The molecule has 1 aliphatic carbocycles. The summed E-state index contributed by atoms with van der Waals surface area (Å²) in [5.74, 6) is 0.764. The van der Waals surface area contributed by atoms with Crippen LogP contribution in [0.5, 0.6) is 0 Å². The number of nitrogens with zero attached hydrogens (tertiary/aromatic N) is 2. The lowest BCUT2D eigenvalue weighted by atomic mass is 9.86. The van der Waals surface area contributed by atoms with Gasteiger partial charge in [-0.1, -0.05) is 6.07 Å². The molecule has 0 aromatic heterocycles. The van der Waals surface area contributed by atoms with Crippen LogP contribution >= 0.6 is 0 Å². The van der Waals surface area contributed by atoms with E-state index in [0.29, 0.717) is 18.4 Å². The zero-order valence-corrected chi connectivity index (χ0v) is 8.90. The Hall–Kier alpha value is -1.45. The van der Waals surface area contributed by atoms with E-state index in [4.69, 9.17) is 0 Å². The standard InChI is InChI=1S/C12H13FN2O/c13-10-1-2-11-8(6-10)5-9-7-15(14-16)4-3-12(9)11/h1-2,6,9,12H,3-5,7H2/t9?,12-/m0/s1. The first-order valence-electron chi connectivity index (χ1n) is 5.64. The van der Waals surface area contributed by atoms with E-state index in [9.17, 15) is 9.30 Å². The van der Waals surface area contributed by atoms with Crippen LogP contribution in [0.2, 0.25) is 0 Å². The van der Waals surface area contributed by atoms with Crippen molar-refractivity contribution in [3.8, 4) is 0 Å². The number of rotatable bonds is 1. The van der Waals surface area contributed by atoms with E-state index in [1.165, 1.54) is 11.6 Å². The molecule has 1 aromatic carbocycles. The number of hydrogen-bond acceptors (Lipinski definition) is 2. The Morgan fingerprint density at radius 2 is 2.31 bits per heavy atom. The molecular weight excluding hydrogens is 207 g/mol. The van der Waals surface area contributed by atoms with Crippen molar-refractivity contribution < 1.29 is 4.39 Å². The number of fused-ring (bicyclic) bond motifs is 3. The monoisotopic (exact) mass is 220 g/mol. The highest BCUT2D eigenvalue weighted by molar-refractivity contribution is 5.37. The lowest BCUT2D eigenvalue weighted by Crippen LogP contribution is -2.34. The molecule has 2 aliphatic rings. The van der Waals surface area contributed by atoms with Gasteiger partial charge in [-0.15, -0.1) is 4.91 Å². The zero-order valence-electron chi connectivity index (χ0n) is 8.90. The average Bonchev–Trinajstić information content (AvgIpc) is 2.64. The molecule has 3 rings (SSSR count). The van der Waals surface area contributed by atoms with Crippen molar-refractivity contribution in [3.63, 3.8) is 0 Å². The van der Waals surface area contributed by atoms with E-state index in [2.05, 4.69) is 5.29 Å². The lowest BCUT2D eigenvalue weighted by Gasteiger charge is -2.31.